The number of anilines is 1. The number of hydrogen-bond acceptors (Lipinski definition) is 2. The van der Waals surface area contributed by atoms with Crippen LogP contribution < -0.4 is 5.32 Å². The van der Waals surface area contributed by atoms with Crippen molar-refractivity contribution in [3.8, 4) is 11.1 Å². The molecular formula is C26H26N2O3. The van der Waals surface area contributed by atoms with Crippen LogP contribution >= 0.6 is 0 Å². The summed E-state index contributed by atoms with van der Waals surface area (Å²) in [6.45, 7) is 1.22. The van der Waals surface area contributed by atoms with Gasteiger partial charge in [0, 0.05) is 24.3 Å². The Balaban J connectivity index is 1.34. The molecule has 5 heteroatoms. The van der Waals surface area contributed by atoms with Gasteiger partial charge in [0.15, 0.2) is 0 Å². The third-order valence-corrected chi connectivity index (χ3v) is 5.78. The molecular weight excluding hydrogens is 388 g/mol. The second-order valence-corrected chi connectivity index (χ2v) is 8.04. The lowest BCUT2D eigenvalue weighted by molar-refractivity contribution is 0.102. The molecule has 2 amide bonds. The van der Waals surface area contributed by atoms with Crippen molar-refractivity contribution in [3.05, 3.63) is 90.0 Å². The van der Waals surface area contributed by atoms with Crippen LogP contribution in [0.5, 0.6) is 0 Å². The molecule has 3 aromatic rings. The van der Waals surface area contributed by atoms with Crippen LogP contribution in [0, 0.1) is 5.92 Å². The van der Waals surface area contributed by atoms with Gasteiger partial charge >= 0.3 is 6.09 Å². The third-order valence-electron chi connectivity index (χ3n) is 5.78. The van der Waals surface area contributed by atoms with Crippen LogP contribution in [0.25, 0.3) is 11.1 Å². The molecule has 0 bridgehead atoms. The van der Waals surface area contributed by atoms with Crippen molar-refractivity contribution < 1.29 is 14.7 Å². The van der Waals surface area contributed by atoms with Crippen molar-refractivity contribution in [2.24, 2.45) is 5.92 Å². The minimum Gasteiger partial charge on any atom is -0.465 e. The van der Waals surface area contributed by atoms with Crippen molar-refractivity contribution in [2.45, 2.75) is 19.3 Å². The second-order valence-electron chi connectivity index (χ2n) is 8.04. The summed E-state index contributed by atoms with van der Waals surface area (Å²) in [6.07, 6.45) is 1.97. The van der Waals surface area contributed by atoms with E-state index in [0.717, 1.165) is 41.6 Å². The molecule has 1 saturated heterocycles. The SMILES string of the molecule is O=C(Nc1ccc(CC2CCCN(C(=O)O)C2)cc1)c1ccc(-c2ccccc2)cc1. The van der Waals surface area contributed by atoms with Crippen LogP contribution in [0.2, 0.25) is 0 Å². The summed E-state index contributed by atoms with van der Waals surface area (Å²) in [6, 6.07) is 25.5. The number of likely N-dealkylation sites (tertiary alicyclic amines) is 1. The standard InChI is InChI=1S/C26H26N2O3/c29-25(23-12-10-22(11-13-23)21-6-2-1-3-7-21)27-24-14-8-19(9-15-24)17-20-5-4-16-28(18-20)26(30)31/h1-3,6-15,20H,4-5,16-18H2,(H,27,29)(H,30,31). The Kier molecular flexibility index (Phi) is 6.32. The van der Waals surface area contributed by atoms with Gasteiger partial charge in [-0.15, -0.1) is 0 Å². The molecule has 2 N–H and O–H groups in total. The molecule has 1 aliphatic rings. The molecule has 0 saturated carbocycles. The van der Waals surface area contributed by atoms with E-state index in [1.807, 2.05) is 78.9 Å². The Morgan fingerprint density at radius 1 is 0.903 bits per heavy atom. The maximum atomic E-state index is 12.6. The minimum atomic E-state index is -0.834. The number of carbonyl (C=O) groups is 2. The Hall–Kier alpha value is -3.60. The molecule has 1 heterocycles. The van der Waals surface area contributed by atoms with Crippen LogP contribution in [0.1, 0.15) is 28.8 Å². The predicted molar refractivity (Wildman–Crippen MR) is 122 cm³/mol. The summed E-state index contributed by atoms with van der Waals surface area (Å²) in [5, 5.41) is 12.1. The summed E-state index contributed by atoms with van der Waals surface area (Å²) in [4.78, 5) is 25.3. The van der Waals surface area contributed by atoms with Crippen LogP contribution in [-0.2, 0) is 6.42 Å². The normalized spacial score (nSPS) is 16.0. The summed E-state index contributed by atoms with van der Waals surface area (Å²) in [7, 11) is 0. The number of benzene rings is 3. The summed E-state index contributed by atoms with van der Waals surface area (Å²) < 4.78 is 0. The van der Waals surface area contributed by atoms with Gasteiger partial charge in [0.05, 0.1) is 0 Å². The van der Waals surface area contributed by atoms with Crippen LogP contribution in [-0.4, -0.2) is 35.1 Å². The molecule has 0 aromatic heterocycles. The van der Waals surface area contributed by atoms with Gasteiger partial charge in [-0.2, -0.15) is 0 Å². The Morgan fingerprint density at radius 2 is 1.58 bits per heavy atom. The van der Waals surface area contributed by atoms with Crippen molar-refractivity contribution >= 4 is 17.7 Å². The second kappa shape index (κ2) is 9.47. The van der Waals surface area contributed by atoms with Crippen LogP contribution in [0.3, 0.4) is 0 Å². The van der Waals surface area contributed by atoms with Crippen molar-refractivity contribution in [3.63, 3.8) is 0 Å². The predicted octanol–water partition coefficient (Wildman–Crippen LogP) is 5.54. The fourth-order valence-electron chi connectivity index (χ4n) is 4.11. The summed E-state index contributed by atoms with van der Waals surface area (Å²) in [5.74, 6) is 0.199. The fraction of sp³-hybridized carbons (Fsp3) is 0.231. The average molecular weight is 415 g/mol. The number of hydrogen-bond donors (Lipinski definition) is 2. The van der Waals surface area contributed by atoms with E-state index in [1.54, 1.807) is 0 Å². The fourth-order valence-corrected chi connectivity index (χ4v) is 4.11. The monoisotopic (exact) mass is 414 g/mol. The molecule has 0 radical (unpaired) electrons. The summed E-state index contributed by atoms with van der Waals surface area (Å²) >= 11 is 0. The van der Waals surface area contributed by atoms with E-state index in [4.69, 9.17) is 0 Å². The highest BCUT2D eigenvalue weighted by Gasteiger charge is 2.23. The zero-order valence-electron chi connectivity index (χ0n) is 17.3. The van der Waals surface area contributed by atoms with E-state index >= 15 is 0 Å². The number of carbonyl (C=O) groups excluding carboxylic acids is 1. The molecule has 1 atom stereocenters. The van der Waals surface area contributed by atoms with Gasteiger partial charge in [-0.3, -0.25) is 4.79 Å². The zero-order valence-corrected chi connectivity index (χ0v) is 17.3. The Bertz CT molecular complexity index is 1030. The van der Waals surface area contributed by atoms with E-state index in [1.165, 1.54) is 4.90 Å². The molecule has 3 aromatic carbocycles. The molecule has 0 aliphatic carbocycles. The zero-order chi connectivity index (χ0) is 21.6. The van der Waals surface area contributed by atoms with Gasteiger partial charge in [0.25, 0.3) is 5.91 Å². The minimum absolute atomic E-state index is 0.142. The highest BCUT2D eigenvalue weighted by Crippen LogP contribution is 2.23. The van der Waals surface area contributed by atoms with E-state index in [2.05, 4.69) is 5.32 Å². The number of carboxylic acid groups (broad SMARTS) is 1. The molecule has 4 rings (SSSR count). The lowest BCUT2D eigenvalue weighted by atomic mass is 9.91. The van der Waals surface area contributed by atoms with Crippen LogP contribution in [0.4, 0.5) is 10.5 Å². The van der Waals surface area contributed by atoms with E-state index in [-0.39, 0.29) is 5.91 Å². The lowest BCUT2D eigenvalue weighted by Crippen LogP contribution is -2.39. The lowest BCUT2D eigenvalue weighted by Gasteiger charge is -2.30. The Morgan fingerprint density at radius 3 is 2.26 bits per heavy atom. The maximum Gasteiger partial charge on any atom is 0.407 e. The number of nitrogens with one attached hydrogen (secondary N) is 1. The van der Waals surface area contributed by atoms with Crippen molar-refractivity contribution in [1.29, 1.82) is 0 Å². The highest BCUT2D eigenvalue weighted by atomic mass is 16.4. The molecule has 1 unspecified atom stereocenters. The highest BCUT2D eigenvalue weighted by molar-refractivity contribution is 6.04. The van der Waals surface area contributed by atoms with Gasteiger partial charge in [0.2, 0.25) is 0 Å². The molecule has 158 valence electrons. The van der Waals surface area contributed by atoms with Crippen molar-refractivity contribution in [2.75, 3.05) is 18.4 Å². The molecule has 1 aliphatic heterocycles. The third kappa shape index (κ3) is 5.31. The quantitative estimate of drug-likeness (QED) is 0.576. The number of piperidine rings is 1. The molecule has 31 heavy (non-hydrogen) atoms. The van der Waals surface area contributed by atoms with E-state index in [0.29, 0.717) is 24.6 Å². The first-order valence-electron chi connectivity index (χ1n) is 10.6. The topological polar surface area (TPSA) is 69.6 Å². The van der Waals surface area contributed by atoms with Gasteiger partial charge in [-0.1, -0.05) is 54.6 Å². The van der Waals surface area contributed by atoms with Gasteiger partial charge in [-0.05, 0) is 66.1 Å². The number of nitrogens with zero attached hydrogens (tertiary/aromatic N) is 1. The largest absolute Gasteiger partial charge is 0.465 e. The molecule has 5 nitrogen and oxygen atoms in total. The average Bonchev–Trinajstić information content (AvgIpc) is 2.81. The Labute approximate surface area is 182 Å². The van der Waals surface area contributed by atoms with Gasteiger partial charge in [0.1, 0.15) is 0 Å². The van der Waals surface area contributed by atoms with Gasteiger partial charge < -0.3 is 15.3 Å². The smallest absolute Gasteiger partial charge is 0.407 e. The first-order chi connectivity index (χ1) is 15.1. The summed E-state index contributed by atoms with van der Waals surface area (Å²) in [5.41, 5.74) is 4.71. The first-order valence-corrected chi connectivity index (χ1v) is 10.6. The first kappa shape index (κ1) is 20.7. The molecule has 1 fully saturated rings. The van der Waals surface area contributed by atoms with Crippen LogP contribution in [0.15, 0.2) is 78.9 Å². The maximum absolute atomic E-state index is 12.6. The van der Waals surface area contributed by atoms with E-state index in [9.17, 15) is 14.7 Å². The van der Waals surface area contributed by atoms with Gasteiger partial charge in [-0.25, -0.2) is 4.79 Å². The van der Waals surface area contributed by atoms with Crippen molar-refractivity contribution in [1.82, 2.24) is 4.90 Å². The number of rotatable bonds is 5. The number of amides is 2. The van der Waals surface area contributed by atoms with E-state index < -0.39 is 6.09 Å². The molecule has 0 spiro atoms.